The smallest absolute Gasteiger partial charge is 0.282 e. The summed E-state index contributed by atoms with van der Waals surface area (Å²) < 4.78 is 13.2. The van der Waals surface area contributed by atoms with E-state index in [-0.39, 0.29) is 17.3 Å². The number of carbonyl (C=O) groups is 1. The predicted octanol–water partition coefficient (Wildman–Crippen LogP) is 3.03. The average molecular weight is 345 g/mol. The minimum Gasteiger partial charge on any atom is -0.349 e. The highest BCUT2D eigenvalue weighted by Gasteiger charge is 2.30. The molecule has 0 heterocycles. The zero-order valence-electron chi connectivity index (χ0n) is 10.6. The van der Waals surface area contributed by atoms with Crippen molar-refractivity contribution in [3.05, 3.63) is 39.7 Å². The Morgan fingerprint density at radius 1 is 1.50 bits per heavy atom. The lowest BCUT2D eigenvalue weighted by Crippen LogP contribution is -2.38. The molecule has 1 aliphatic carbocycles. The summed E-state index contributed by atoms with van der Waals surface area (Å²) in [6.07, 6.45) is 2.85. The van der Waals surface area contributed by atoms with Gasteiger partial charge in [0.25, 0.3) is 11.6 Å². The summed E-state index contributed by atoms with van der Waals surface area (Å²) in [5.41, 5.74) is -0.604. The monoisotopic (exact) mass is 344 g/mol. The second-order valence-corrected chi connectivity index (χ2v) is 5.49. The maximum absolute atomic E-state index is 13.2. The number of carbonyl (C=O) groups excluding carboxylic acids is 1. The lowest BCUT2D eigenvalue weighted by molar-refractivity contribution is -0.385. The Balaban J connectivity index is 2.20. The Bertz CT molecular complexity index is 538. The number of alkyl halides is 1. The maximum atomic E-state index is 13.2. The van der Waals surface area contributed by atoms with Gasteiger partial charge < -0.3 is 5.32 Å². The molecule has 0 spiro atoms. The first-order chi connectivity index (χ1) is 9.52. The molecule has 0 bridgehead atoms. The fourth-order valence-electron chi connectivity index (χ4n) is 2.51. The number of nitrogens with zero attached hydrogens (tertiary/aromatic N) is 1. The molecule has 2 unspecified atom stereocenters. The van der Waals surface area contributed by atoms with Gasteiger partial charge in [-0.3, -0.25) is 14.9 Å². The van der Waals surface area contributed by atoms with Crippen LogP contribution in [0.4, 0.5) is 10.1 Å². The third-order valence-electron chi connectivity index (χ3n) is 3.57. The fourth-order valence-corrected chi connectivity index (χ4v) is 3.28. The third-order valence-corrected chi connectivity index (χ3v) is 4.41. The summed E-state index contributed by atoms with van der Waals surface area (Å²) in [6.45, 7) is 0. The fraction of sp³-hybridized carbons (Fsp3) is 0.462. The van der Waals surface area contributed by atoms with Crippen LogP contribution >= 0.6 is 15.9 Å². The van der Waals surface area contributed by atoms with Crippen LogP contribution in [0.15, 0.2) is 18.2 Å². The molecule has 20 heavy (non-hydrogen) atoms. The molecule has 0 aromatic heterocycles. The van der Waals surface area contributed by atoms with E-state index in [0.29, 0.717) is 5.92 Å². The molecular weight excluding hydrogens is 331 g/mol. The van der Waals surface area contributed by atoms with Crippen LogP contribution < -0.4 is 5.32 Å². The number of hydrogen-bond acceptors (Lipinski definition) is 3. The summed E-state index contributed by atoms with van der Waals surface area (Å²) >= 11 is 3.39. The molecule has 1 N–H and O–H groups in total. The average Bonchev–Trinajstić information content (AvgIpc) is 2.85. The molecule has 1 aromatic carbocycles. The van der Waals surface area contributed by atoms with Gasteiger partial charge >= 0.3 is 0 Å². The van der Waals surface area contributed by atoms with E-state index in [9.17, 15) is 19.3 Å². The molecule has 1 aliphatic rings. The lowest BCUT2D eigenvalue weighted by Gasteiger charge is -2.18. The van der Waals surface area contributed by atoms with Crippen LogP contribution in [0.3, 0.4) is 0 Å². The molecule has 2 atom stereocenters. The highest BCUT2D eigenvalue weighted by molar-refractivity contribution is 9.09. The number of amides is 1. The van der Waals surface area contributed by atoms with Gasteiger partial charge in [0.15, 0.2) is 0 Å². The quantitative estimate of drug-likeness (QED) is 0.518. The Hall–Kier alpha value is -1.50. The maximum Gasteiger partial charge on any atom is 0.282 e. The van der Waals surface area contributed by atoms with Crippen LogP contribution in [0.2, 0.25) is 0 Å². The van der Waals surface area contributed by atoms with E-state index < -0.39 is 16.6 Å². The van der Waals surface area contributed by atoms with Crippen molar-refractivity contribution < 1.29 is 14.1 Å². The Kier molecular flexibility index (Phi) is 4.69. The van der Waals surface area contributed by atoms with Gasteiger partial charge in [0.05, 0.1) is 4.92 Å². The van der Waals surface area contributed by atoms with Crippen LogP contribution in [0.25, 0.3) is 0 Å². The summed E-state index contributed by atoms with van der Waals surface area (Å²) in [7, 11) is 0. The largest absolute Gasteiger partial charge is 0.349 e. The van der Waals surface area contributed by atoms with Crippen molar-refractivity contribution >= 4 is 27.5 Å². The molecule has 0 saturated heterocycles. The molecule has 0 radical (unpaired) electrons. The molecule has 108 valence electrons. The van der Waals surface area contributed by atoms with E-state index in [0.717, 1.165) is 42.8 Å². The van der Waals surface area contributed by atoms with Crippen molar-refractivity contribution in [1.82, 2.24) is 5.32 Å². The highest BCUT2D eigenvalue weighted by Crippen LogP contribution is 2.28. The van der Waals surface area contributed by atoms with E-state index in [4.69, 9.17) is 0 Å². The van der Waals surface area contributed by atoms with Crippen molar-refractivity contribution in [3.8, 4) is 0 Å². The Labute approximate surface area is 123 Å². The molecule has 1 aromatic rings. The predicted molar refractivity (Wildman–Crippen MR) is 75.4 cm³/mol. The van der Waals surface area contributed by atoms with Crippen molar-refractivity contribution in [3.63, 3.8) is 0 Å². The van der Waals surface area contributed by atoms with Crippen molar-refractivity contribution in [2.75, 3.05) is 5.33 Å². The van der Waals surface area contributed by atoms with Gasteiger partial charge in [-0.05, 0) is 30.9 Å². The standard InChI is InChI=1S/C13H14BrFN2O3/c14-7-8-2-1-3-11(8)16-13(18)10-6-9(15)4-5-12(10)17(19)20/h4-6,8,11H,1-3,7H2,(H,16,18). The number of rotatable bonds is 4. The first-order valence-corrected chi connectivity index (χ1v) is 7.46. The van der Waals surface area contributed by atoms with Crippen LogP contribution in [0, 0.1) is 21.8 Å². The van der Waals surface area contributed by atoms with Gasteiger partial charge in [-0.25, -0.2) is 4.39 Å². The topological polar surface area (TPSA) is 72.2 Å². The molecular formula is C13H14BrFN2O3. The molecule has 7 heteroatoms. The second-order valence-electron chi connectivity index (χ2n) is 4.84. The zero-order valence-corrected chi connectivity index (χ0v) is 12.2. The zero-order chi connectivity index (χ0) is 14.7. The minimum absolute atomic E-state index is 0.0234. The highest BCUT2D eigenvalue weighted by atomic mass is 79.9. The van der Waals surface area contributed by atoms with Crippen molar-refractivity contribution in [2.24, 2.45) is 5.92 Å². The normalized spacial score (nSPS) is 21.7. The number of hydrogen-bond donors (Lipinski definition) is 1. The van der Waals surface area contributed by atoms with Crippen molar-refractivity contribution in [2.45, 2.75) is 25.3 Å². The lowest BCUT2D eigenvalue weighted by atomic mass is 10.1. The molecule has 1 saturated carbocycles. The first kappa shape index (κ1) is 14.9. The minimum atomic E-state index is -0.676. The van der Waals surface area contributed by atoms with Crippen LogP contribution in [0.1, 0.15) is 29.6 Å². The SMILES string of the molecule is O=C(NC1CCCC1CBr)c1cc(F)ccc1[N+](=O)[O-]. The van der Waals surface area contributed by atoms with Crippen LogP contribution in [0.5, 0.6) is 0 Å². The summed E-state index contributed by atoms with van der Waals surface area (Å²) in [4.78, 5) is 22.4. The Morgan fingerprint density at radius 2 is 2.25 bits per heavy atom. The van der Waals surface area contributed by atoms with E-state index in [1.54, 1.807) is 0 Å². The molecule has 2 rings (SSSR count). The van der Waals surface area contributed by atoms with Crippen molar-refractivity contribution in [1.29, 1.82) is 0 Å². The van der Waals surface area contributed by atoms with E-state index in [2.05, 4.69) is 21.2 Å². The molecule has 1 amide bonds. The van der Waals surface area contributed by atoms with Gasteiger partial charge in [-0.1, -0.05) is 22.4 Å². The van der Waals surface area contributed by atoms with Gasteiger partial charge in [0.1, 0.15) is 11.4 Å². The number of nitro groups is 1. The number of halogens is 2. The first-order valence-electron chi connectivity index (χ1n) is 6.33. The van der Waals surface area contributed by atoms with E-state index >= 15 is 0 Å². The molecule has 1 fully saturated rings. The number of benzene rings is 1. The van der Waals surface area contributed by atoms with E-state index in [1.807, 2.05) is 0 Å². The Morgan fingerprint density at radius 3 is 2.90 bits per heavy atom. The van der Waals surface area contributed by atoms with Gasteiger partial charge in [-0.15, -0.1) is 0 Å². The summed E-state index contributed by atoms with van der Waals surface area (Å²) in [6, 6.07) is 2.88. The third kappa shape index (κ3) is 3.15. The van der Waals surface area contributed by atoms with Gasteiger partial charge in [0, 0.05) is 17.4 Å². The summed E-state index contributed by atoms with van der Waals surface area (Å²) in [5.74, 6) is -0.940. The van der Waals surface area contributed by atoms with Crippen LogP contribution in [-0.2, 0) is 0 Å². The van der Waals surface area contributed by atoms with Crippen LogP contribution in [-0.4, -0.2) is 22.2 Å². The van der Waals surface area contributed by atoms with Gasteiger partial charge in [-0.2, -0.15) is 0 Å². The number of nitrogens with one attached hydrogen (secondary N) is 1. The van der Waals surface area contributed by atoms with Gasteiger partial charge in [0.2, 0.25) is 0 Å². The molecule has 0 aliphatic heterocycles. The number of nitro benzene ring substituents is 1. The second kappa shape index (κ2) is 6.30. The summed E-state index contributed by atoms with van der Waals surface area (Å²) in [5, 5.41) is 14.4. The molecule has 5 nitrogen and oxygen atoms in total. The van der Waals surface area contributed by atoms with E-state index in [1.165, 1.54) is 0 Å².